The normalized spacial score (nSPS) is 16.8. The summed E-state index contributed by atoms with van der Waals surface area (Å²) in [4.78, 5) is 26.1. The maximum absolute atomic E-state index is 13.1. The first-order valence-electron chi connectivity index (χ1n) is 11.7. The summed E-state index contributed by atoms with van der Waals surface area (Å²) in [6.45, 7) is 4.76. The Morgan fingerprint density at radius 2 is 1.62 bits per heavy atom. The van der Waals surface area contributed by atoms with Gasteiger partial charge in [0.15, 0.2) is 0 Å². The highest BCUT2D eigenvalue weighted by molar-refractivity contribution is 7.94. The third-order valence-electron chi connectivity index (χ3n) is 5.84. The van der Waals surface area contributed by atoms with Crippen LogP contribution >= 0.6 is 11.3 Å². The highest BCUT2D eigenvalue weighted by atomic mass is 32.2. The quantitative estimate of drug-likeness (QED) is 0.510. The van der Waals surface area contributed by atoms with Crippen LogP contribution < -0.4 is 14.9 Å². The van der Waals surface area contributed by atoms with Gasteiger partial charge in [-0.1, -0.05) is 18.9 Å². The molecule has 0 aliphatic carbocycles. The molecule has 3 N–H and O–H groups in total. The molecule has 14 heteroatoms. The Balaban J connectivity index is 0.000000479. The number of benzene rings is 1. The van der Waals surface area contributed by atoms with E-state index in [0.717, 1.165) is 70.6 Å². The molecule has 0 atom stereocenters. The maximum atomic E-state index is 13.1. The number of carbonyl (C=O) groups excluding carboxylic acids is 1. The lowest BCUT2D eigenvalue weighted by molar-refractivity contribution is -0.192. The van der Waals surface area contributed by atoms with Gasteiger partial charge in [0, 0.05) is 44.8 Å². The van der Waals surface area contributed by atoms with Gasteiger partial charge in [0.1, 0.15) is 4.21 Å². The zero-order chi connectivity index (χ0) is 27.1. The molecule has 37 heavy (non-hydrogen) atoms. The predicted molar refractivity (Wildman–Crippen MR) is 135 cm³/mol. The van der Waals surface area contributed by atoms with Crippen molar-refractivity contribution in [2.24, 2.45) is 0 Å². The van der Waals surface area contributed by atoms with E-state index in [2.05, 4.69) is 14.9 Å². The van der Waals surface area contributed by atoms with E-state index in [4.69, 9.17) is 9.90 Å². The fraction of sp³-hybridized carbons (Fsp3) is 0.478. The number of amides is 1. The Bertz CT molecular complexity index is 1160. The molecular formula is C23H29F3N4O5S2. The summed E-state index contributed by atoms with van der Waals surface area (Å²) >= 11 is 1.18. The van der Waals surface area contributed by atoms with Crippen LogP contribution in [0, 0.1) is 0 Å². The van der Waals surface area contributed by atoms with Gasteiger partial charge in [-0.25, -0.2) is 13.2 Å². The van der Waals surface area contributed by atoms with Crippen molar-refractivity contribution in [2.75, 3.05) is 48.9 Å². The number of hydrogen-bond donors (Lipinski definition) is 3. The lowest BCUT2D eigenvalue weighted by Gasteiger charge is -2.31. The van der Waals surface area contributed by atoms with Crippen molar-refractivity contribution in [3.05, 3.63) is 41.3 Å². The first kappa shape index (κ1) is 28.7. The van der Waals surface area contributed by atoms with Gasteiger partial charge < -0.3 is 20.2 Å². The molecule has 0 saturated carbocycles. The first-order chi connectivity index (χ1) is 17.5. The van der Waals surface area contributed by atoms with Crippen molar-refractivity contribution in [1.29, 1.82) is 0 Å². The minimum Gasteiger partial charge on any atom is -0.475 e. The number of halogens is 3. The average molecular weight is 563 g/mol. The fourth-order valence-corrected chi connectivity index (χ4v) is 6.06. The van der Waals surface area contributed by atoms with E-state index in [-0.39, 0.29) is 10.1 Å². The number of piperazine rings is 1. The zero-order valence-corrected chi connectivity index (χ0v) is 21.6. The largest absolute Gasteiger partial charge is 0.490 e. The molecule has 2 aromatic rings. The van der Waals surface area contributed by atoms with Gasteiger partial charge in [-0.15, -0.1) is 11.3 Å². The van der Waals surface area contributed by atoms with Gasteiger partial charge >= 0.3 is 12.1 Å². The molecule has 9 nitrogen and oxygen atoms in total. The number of hydrogen-bond acceptors (Lipinski definition) is 7. The molecular weight excluding hydrogens is 533 g/mol. The van der Waals surface area contributed by atoms with E-state index >= 15 is 0 Å². The molecule has 0 radical (unpaired) electrons. The van der Waals surface area contributed by atoms with Crippen LogP contribution in [0.4, 0.5) is 24.5 Å². The summed E-state index contributed by atoms with van der Waals surface area (Å²) in [5, 5.41) is 12.2. The molecule has 204 valence electrons. The number of alkyl halides is 3. The highest BCUT2D eigenvalue weighted by Gasteiger charge is 2.38. The highest BCUT2D eigenvalue weighted by Crippen LogP contribution is 2.31. The summed E-state index contributed by atoms with van der Waals surface area (Å²) in [5.41, 5.74) is 1.80. The van der Waals surface area contributed by atoms with Crippen molar-refractivity contribution in [3.8, 4) is 0 Å². The second-order valence-electron chi connectivity index (χ2n) is 8.52. The second-order valence-corrected chi connectivity index (χ2v) is 11.4. The van der Waals surface area contributed by atoms with Crippen LogP contribution in [0.2, 0.25) is 0 Å². The van der Waals surface area contributed by atoms with E-state index in [9.17, 15) is 26.4 Å². The predicted octanol–water partition coefficient (Wildman–Crippen LogP) is 3.61. The number of anilines is 2. The minimum absolute atomic E-state index is 0.0275. The van der Waals surface area contributed by atoms with Crippen LogP contribution in [-0.2, 0) is 14.8 Å². The molecule has 1 amide bonds. The van der Waals surface area contributed by atoms with E-state index in [1.807, 2.05) is 17.0 Å². The topological polar surface area (TPSA) is 119 Å². The molecule has 0 bridgehead atoms. The standard InChI is InChI=1S/C21H28N4O3S2.C2HF3O2/c26-21(25-11-3-1-2-4-12-25)17-7-8-19(24-13-9-22-10-14-24)18(16-17)23-30(27,28)20-6-5-15-29-20;3-2(4,5)1(6)7/h5-8,15-16,22-23H,1-4,9-14H2;(H,6,7). The summed E-state index contributed by atoms with van der Waals surface area (Å²) in [6.07, 6.45) is -0.750. The van der Waals surface area contributed by atoms with Crippen LogP contribution in [0.3, 0.4) is 0 Å². The fourth-order valence-electron chi connectivity index (χ4n) is 4.00. The number of aliphatic carboxylic acids is 1. The van der Waals surface area contributed by atoms with Gasteiger partial charge in [0.25, 0.3) is 15.9 Å². The number of rotatable bonds is 5. The Hall–Kier alpha value is -2.84. The van der Waals surface area contributed by atoms with Crippen LogP contribution in [0.5, 0.6) is 0 Å². The van der Waals surface area contributed by atoms with E-state index < -0.39 is 22.2 Å². The van der Waals surface area contributed by atoms with Crippen molar-refractivity contribution >= 4 is 44.6 Å². The molecule has 0 spiro atoms. The molecule has 4 rings (SSSR count). The van der Waals surface area contributed by atoms with Crippen molar-refractivity contribution in [2.45, 2.75) is 36.1 Å². The number of carbonyl (C=O) groups is 2. The third-order valence-corrected chi connectivity index (χ3v) is 8.60. The molecule has 1 aromatic heterocycles. The average Bonchev–Trinajstić information content (AvgIpc) is 3.28. The maximum Gasteiger partial charge on any atom is 0.490 e. The number of sulfonamides is 1. The van der Waals surface area contributed by atoms with E-state index in [1.165, 1.54) is 11.3 Å². The van der Waals surface area contributed by atoms with E-state index in [1.54, 1.807) is 23.6 Å². The van der Waals surface area contributed by atoms with Gasteiger partial charge in [-0.2, -0.15) is 13.2 Å². The molecule has 2 aliphatic heterocycles. The van der Waals surface area contributed by atoms with Crippen LogP contribution in [0.25, 0.3) is 0 Å². The summed E-state index contributed by atoms with van der Waals surface area (Å²) in [7, 11) is -3.70. The molecule has 2 fully saturated rings. The number of carboxylic acid groups (broad SMARTS) is 1. The lowest BCUT2D eigenvalue weighted by atomic mass is 10.1. The first-order valence-corrected chi connectivity index (χ1v) is 14.1. The van der Waals surface area contributed by atoms with Crippen molar-refractivity contribution < 1.29 is 36.3 Å². The van der Waals surface area contributed by atoms with Crippen molar-refractivity contribution in [3.63, 3.8) is 0 Å². The van der Waals surface area contributed by atoms with Gasteiger partial charge in [0.05, 0.1) is 11.4 Å². The summed E-state index contributed by atoms with van der Waals surface area (Å²) < 4.78 is 60.5. The molecule has 3 heterocycles. The summed E-state index contributed by atoms with van der Waals surface area (Å²) in [6, 6.07) is 8.71. The molecule has 1 aromatic carbocycles. The SMILES string of the molecule is O=C(O)C(F)(F)F.O=C(c1ccc(N2CCNCC2)c(NS(=O)(=O)c2cccs2)c1)N1CCCCCC1. The van der Waals surface area contributed by atoms with Crippen LogP contribution in [0.1, 0.15) is 36.0 Å². The second kappa shape index (κ2) is 12.6. The number of thiophene rings is 1. The number of carboxylic acids is 1. The van der Waals surface area contributed by atoms with E-state index in [0.29, 0.717) is 11.3 Å². The van der Waals surface area contributed by atoms with Crippen molar-refractivity contribution in [1.82, 2.24) is 10.2 Å². The number of nitrogens with zero attached hydrogens (tertiary/aromatic N) is 2. The summed E-state index contributed by atoms with van der Waals surface area (Å²) in [5.74, 6) is -2.78. The molecule has 2 saturated heterocycles. The minimum atomic E-state index is -5.08. The Morgan fingerprint density at radius 1 is 1.00 bits per heavy atom. The molecule has 0 unspecified atom stereocenters. The Kier molecular flexibility index (Phi) is 9.79. The number of likely N-dealkylation sites (tertiary alicyclic amines) is 1. The van der Waals surface area contributed by atoms with Gasteiger partial charge in [-0.3, -0.25) is 9.52 Å². The monoisotopic (exact) mass is 562 g/mol. The number of nitrogens with one attached hydrogen (secondary N) is 2. The smallest absolute Gasteiger partial charge is 0.475 e. The Labute approximate surface area is 217 Å². The molecule has 2 aliphatic rings. The van der Waals surface area contributed by atoms with Gasteiger partial charge in [-0.05, 0) is 42.5 Å². The Morgan fingerprint density at radius 3 is 2.16 bits per heavy atom. The van der Waals surface area contributed by atoms with Crippen LogP contribution in [0.15, 0.2) is 39.9 Å². The third kappa shape index (κ3) is 8.07. The van der Waals surface area contributed by atoms with Crippen LogP contribution in [-0.4, -0.2) is 75.7 Å². The lowest BCUT2D eigenvalue weighted by Crippen LogP contribution is -2.43. The zero-order valence-electron chi connectivity index (χ0n) is 20.0. The van der Waals surface area contributed by atoms with Gasteiger partial charge in [0.2, 0.25) is 0 Å².